The molecule has 4 heteroatoms. The van der Waals surface area contributed by atoms with Crippen LogP contribution in [0.25, 0.3) is 0 Å². The summed E-state index contributed by atoms with van der Waals surface area (Å²) in [5.74, 6) is 0. The number of nitrogens with one attached hydrogen (secondary N) is 1. The summed E-state index contributed by atoms with van der Waals surface area (Å²) >= 11 is 1.77. The first-order chi connectivity index (χ1) is 9.80. The van der Waals surface area contributed by atoms with Crippen LogP contribution in [0.3, 0.4) is 0 Å². The highest BCUT2D eigenvalue weighted by atomic mass is 32.2. The first-order valence-electron chi connectivity index (χ1n) is 7.19. The van der Waals surface area contributed by atoms with Crippen molar-refractivity contribution in [1.29, 1.82) is 0 Å². The largest absolute Gasteiger partial charge is 0.305 e. The summed E-state index contributed by atoms with van der Waals surface area (Å²) in [5.41, 5.74) is 2.54. The van der Waals surface area contributed by atoms with Crippen molar-refractivity contribution in [2.45, 2.75) is 37.8 Å². The lowest BCUT2D eigenvalue weighted by atomic mass is 10.0. The maximum atomic E-state index is 4.44. The number of nitrogens with zero attached hydrogens (tertiary/aromatic N) is 2. The van der Waals surface area contributed by atoms with Gasteiger partial charge in [-0.05, 0) is 43.0 Å². The second-order valence-electron chi connectivity index (χ2n) is 4.74. The molecule has 0 radical (unpaired) electrons. The Morgan fingerprint density at radius 2 is 1.95 bits per heavy atom. The molecule has 1 atom stereocenters. The van der Waals surface area contributed by atoms with Gasteiger partial charge in [-0.15, -0.1) is 11.8 Å². The molecule has 0 bridgehead atoms. The van der Waals surface area contributed by atoms with E-state index in [2.05, 4.69) is 65.5 Å². The van der Waals surface area contributed by atoms with Crippen molar-refractivity contribution in [2.75, 3.05) is 12.8 Å². The SMILES string of the molecule is CCCn1nccc1C(NCC)c1ccc(SC)cc1. The normalized spacial score (nSPS) is 12.6. The molecule has 0 aliphatic carbocycles. The number of rotatable bonds is 7. The topological polar surface area (TPSA) is 29.9 Å². The molecule has 0 aliphatic rings. The molecule has 1 heterocycles. The molecule has 2 aromatic rings. The molecule has 0 amide bonds. The number of hydrogen-bond donors (Lipinski definition) is 1. The van der Waals surface area contributed by atoms with Crippen LogP contribution in [-0.2, 0) is 6.54 Å². The van der Waals surface area contributed by atoms with Gasteiger partial charge in [0, 0.05) is 17.6 Å². The Bertz CT molecular complexity index is 519. The first kappa shape index (κ1) is 15.1. The van der Waals surface area contributed by atoms with E-state index in [4.69, 9.17) is 0 Å². The third kappa shape index (κ3) is 3.44. The van der Waals surface area contributed by atoms with Crippen LogP contribution in [0, 0.1) is 0 Å². The van der Waals surface area contributed by atoms with Gasteiger partial charge in [-0.3, -0.25) is 4.68 Å². The van der Waals surface area contributed by atoms with Crippen LogP contribution in [0.5, 0.6) is 0 Å². The molecule has 1 unspecified atom stereocenters. The number of aryl methyl sites for hydroxylation is 1. The van der Waals surface area contributed by atoms with Crippen molar-refractivity contribution < 1.29 is 0 Å². The van der Waals surface area contributed by atoms with E-state index >= 15 is 0 Å². The van der Waals surface area contributed by atoms with Gasteiger partial charge in [0.05, 0.1) is 11.7 Å². The fraction of sp³-hybridized carbons (Fsp3) is 0.438. The van der Waals surface area contributed by atoms with Crippen molar-refractivity contribution >= 4 is 11.8 Å². The minimum atomic E-state index is 0.213. The zero-order chi connectivity index (χ0) is 14.4. The fourth-order valence-electron chi connectivity index (χ4n) is 2.38. The lowest BCUT2D eigenvalue weighted by Gasteiger charge is -2.20. The average molecular weight is 289 g/mol. The molecule has 2 rings (SSSR count). The Morgan fingerprint density at radius 1 is 1.20 bits per heavy atom. The molecule has 0 aliphatic heterocycles. The predicted molar refractivity (Wildman–Crippen MR) is 86.3 cm³/mol. The third-order valence-corrected chi connectivity index (χ3v) is 4.08. The molecule has 0 spiro atoms. The van der Waals surface area contributed by atoms with Crippen LogP contribution >= 0.6 is 11.8 Å². The molecular formula is C16H23N3S. The monoisotopic (exact) mass is 289 g/mol. The zero-order valence-electron chi connectivity index (χ0n) is 12.5. The lowest BCUT2D eigenvalue weighted by molar-refractivity contribution is 0.520. The molecule has 0 saturated heterocycles. The van der Waals surface area contributed by atoms with E-state index in [1.165, 1.54) is 16.2 Å². The molecular weight excluding hydrogens is 266 g/mol. The lowest BCUT2D eigenvalue weighted by Crippen LogP contribution is -2.25. The Hall–Kier alpha value is -1.26. The molecule has 0 saturated carbocycles. The average Bonchev–Trinajstić information content (AvgIpc) is 2.93. The predicted octanol–water partition coefficient (Wildman–Crippen LogP) is 3.71. The van der Waals surface area contributed by atoms with E-state index in [-0.39, 0.29) is 6.04 Å². The van der Waals surface area contributed by atoms with Gasteiger partial charge in [0.15, 0.2) is 0 Å². The van der Waals surface area contributed by atoms with Crippen molar-refractivity contribution in [1.82, 2.24) is 15.1 Å². The molecule has 1 N–H and O–H groups in total. The number of thioether (sulfide) groups is 1. The highest BCUT2D eigenvalue weighted by molar-refractivity contribution is 7.98. The molecule has 108 valence electrons. The Balaban J connectivity index is 2.31. The van der Waals surface area contributed by atoms with Crippen molar-refractivity contribution in [3.8, 4) is 0 Å². The summed E-state index contributed by atoms with van der Waals surface area (Å²) in [5, 5.41) is 8.01. The van der Waals surface area contributed by atoms with E-state index in [9.17, 15) is 0 Å². The van der Waals surface area contributed by atoms with E-state index < -0.39 is 0 Å². The van der Waals surface area contributed by atoms with Gasteiger partial charge in [-0.25, -0.2) is 0 Å². The van der Waals surface area contributed by atoms with E-state index in [0.29, 0.717) is 0 Å². The number of aromatic nitrogens is 2. The van der Waals surface area contributed by atoms with Gasteiger partial charge in [0.25, 0.3) is 0 Å². The van der Waals surface area contributed by atoms with Gasteiger partial charge in [-0.1, -0.05) is 26.0 Å². The summed E-state index contributed by atoms with van der Waals surface area (Å²) in [6.45, 7) is 6.23. The summed E-state index contributed by atoms with van der Waals surface area (Å²) < 4.78 is 2.11. The summed E-state index contributed by atoms with van der Waals surface area (Å²) in [7, 11) is 0. The van der Waals surface area contributed by atoms with Crippen LogP contribution in [0.1, 0.15) is 37.6 Å². The van der Waals surface area contributed by atoms with Gasteiger partial charge in [0.1, 0.15) is 0 Å². The summed E-state index contributed by atoms with van der Waals surface area (Å²) in [6, 6.07) is 11.1. The highest BCUT2D eigenvalue weighted by Gasteiger charge is 2.17. The molecule has 20 heavy (non-hydrogen) atoms. The maximum absolute atomic E-state index is 4.44. The molecule has 3 nitrogen and oxygen atoms in total. The summed E-state index contributed by atoms with van der Waals surface area (Å²) in [6.07, 6.45) is 5.09. The van der Waals surface area contributed by atoms with E-state index in [0.717, 1.165) is 19.5 Å². The molecule has 1 aromatic heterocycles. The van der Waals surface area contributed by atoms with Gasteiger partial charge < -0.3 is 5.32 Å². The molecule has 1 aromatic carbocycles. The smallest absolute Gasteiger partial charge is 0.0748 e. The van der Waals surface area contributed by atoms with Gasteiger partial charge in [0.2, 0.25) is 0 Å². The highest BCUT2D eigenvalue weighted by Crippen LogP contribution is 2.24. The second kappa shape index (κ2) is 7.50. The van der Waals surface area contributed by atoms with E-state index in [1.807, 2.05) is 6.20 Å². The van der Waals surface area contributed by atoms with Crippen LogP contribution in [0.2, 0.25) is 0 Å². The Morgan fingerprint density at radius 3 is 2.55 bits per heavy atom. The maximum Gasteiger partial charge on any atom is 0.0748 e. The van der Waals surface area contributed by atoms with Gasteiger partial charge in [-0.2, -0.15) is 5.10 Å². The van der Waals surface area contributed by atoms with Crippen molar-refractivity contribution in [2.24, 2.45) is 0 Å². The van der Waals surface area contributed by atoms with Crippen molar-refractivity contribution in [3.05, 3.63) is 47.8 Å². The standard InChI is InChI=1S/C16H23N3S/c1-4-12-19-15(10-11-18-19)16(17-5-2)13-6-8-14(20-3)9-7-13/h6-11,16-17H,4-5,12H2,1-3H3. The summed E-state index contributed by atoms with van der Waals surface area (Å²) in [4.78, 5) is 1.30. The minimum absolute atomic E-state index is 0.213. The van der Waals surface area contributed by atoms with Crippen LogP contribution in [0.15, 0.2) is 41.4 Å². The first-order valence-corrected chi connectivity index (χ1v) is 8.41. The fourth-order valence-corrected chi connectivity index (χ4v) is 2.79. The zero-order valence-corrected chi connectivity index (χ0v) is 13.3. The molecule has 0 fully saturated rings. The number of hydrogen-bond acceptors (Lipinski definition) is 3. The minimum Gasteiger partial charge on any atom is -0.305 e. The van der Waals surface area contributed by atoms with Crippen LogP contribution < -0.4 is 5.32 Å². The quantitative estimate of drug-likeness (QED) is 0.788. The van der Waals surface area contributed by atoms with E-state index in [1.54, 1.807) is 11.8 Å². The number of benzene rings is 1. The van der Waals surface area contributed by atoms with Crippen molar-refractivity contribution in [3.63, 3.8) is 0 Å². The third-order valence-electron chi connectivity index (χ3n) is 3.34. The van der Waals surface area contributed by atoms with Crippen LogP contribution in [-0.4, -0.2) is 22.6 Å². The Kier molecular flexibility index (Phi) is 5.68. The van der Waals surface area contributed by atoms with Gasteiger partial charge >= 0.3 is 0 Å². The second-order valence-corrected chi connectivity index (χ2v) is 5.62. The Labute approximate surface area is 125 Å². The van der Waals surface area contributed by atoms with Crippen LogP contribution in [0.4, 0.5) is 0 Å².